The van der Waals surface area contributed by atoms with Crippen molar-refractivity contribution in [2.45, 2.75) is 38.1 Å². The van der Waals surface area contributed by atoms with Crippen molar-refractivity contribution in [3.05, 3.63) is 35.6 Å². The number of halogens is 1. The van der Waals surface area contributed by atoms with Crippen molar-refractivity contribution < 1.29 is 19.1 Å². The number of carboxylic acid groups (broad SMARTS) is 1. The average molecular weight is 291 g/mol. The molecule has 1 amide bonds. The van der Waals surface area contributed by atoms with Gasteiger partial charge in [-0.1, -0.05) is 12.1 Å². The van der Waals surface area contributed by atoms with Crippen LogP contribution in [0.3, 0.4) is 0 Å². The van der Waals surface area contributed by atoms with Gasteiger partial charge in [0.25, 0.3) is 0 Å². The molecule has 0 radical (unpaired) electrons. The van der Waals surface area contributed by atoms with Gasteiger partial charge in [-0.3, -0.25) is 9.59 Å². The van der Waals surface area contributed by atoms with E-state index in [0.29, 0.717) is 19.4 Å². The lowest BCUT2D eigenvalue weighted by atomic mass is 9.97. The van der Waals surface area contributed by atoms with Crippen molar-refractivity contribution in [2.75, 3.05) is 6.54 Å². The molecule has 2 fully saturated rings. The Morgan fingerprint density at radius 3 is 2.43 bits per heavy atom. The lowest BCUT2D eigenvalue weighted by molar-refractivity contribution is -0.153. The summed E-state index contributed by atoms with van der Waals surface area (Å²) in [5.41, 5.74) is -0.176. The molecule has 2 unspecified atom stereocenters. The number of nitrogens with zero attached hydrogens (tertiary/aromatic N) is 1. The Labute approximate surface area is 122 Å². The van der Waals surface area contributed by atoms with Gasteiger partial charge in [0, 0.05) is 18.5 Å². The average Bonchev–Trinajstić information content (AvgIpc) is 3.17. The molecule has 0 spiro atoms. The second-order valence-electron chi connectivity index (χ2n) is 6.18. The standard InChI is InChI=1S/C16H18FNO3/c1-10-8-12(11-2-4-13(17)5-3-11)9-18(10)14(19)16(6-7-16)15(20)21/h2-5,10,12H,6-9H2,1H3,(H,20,21). The van der Waals surface area contributed by atoms with Gasteiger partial charge in [0.15, 0.2) is 0 Å². The molecule has 1 aromatic rings. The van der Waals surface area contributed by atoms with Crippen LogP contribution >= 0.6 is 0 Å². The first kappa shape index (κ1) is 14.0. The molecule has 1 saturated carbocycles. The second kappa shape index (κ2) is 4.83. The molecule has 112 valence electrons. The highest BCUT2D eigenvalue weighted by Gasteiger charge is 2.59. The number of carboxylic acids is 1. The molecular formula is C16H18FNO3. The fraction of sp³-hybridized carbons (Fsp3) is 0.500. The first-order valence-electron chi connectivity index (χ1n) is 7.24. The number of aliphatic carboxylic acids is 1. The topological polar surface area (TPSA) is 57.6 Å². The molecule has 1 aliphatic heterocycles. The van der Waals surface area contributed by atoms with E-state index in [0.717, 1.165) is 12.0 Å². The lowest BCUT2D eigenvalue weighted by Gasteiger charge is -2.24. The normalized spacial score (nSPS) is 26.7. The Bertz CT molecular complexity index is 580. The Hall–Kier alpha value is -1.91. The van der Waals surface area contributed by atoms with Crippen molar-refractivity contribution in [2.24, 2.45) is 5.41 Å². The molecule has 2 aliphatic rings. The van der Waals surface area contributed by atoms with E-state index in [1.165, 1.54) is 12.1 Å². The molecule has 1 saturated heterocycles. The van der Waals surface area contributed by atoms with Crippen LogP contribution in [-0.2, 0) is 9.59 Å². The fourth-order valence-corrected chi connectivity index (χ4v) is 3.21. The van der Waals surface area contributed by atoms with Crippen LogP contribution in [-0.4, -0.2) is 34.5 Å². The summed E-state index contributed by atoms with van der Waals surface area (Å²) >= 11 is 0. The first-order valence-corrected chi connectivity index (χ1v) is 7.24. The van der Waals surface area contributed by atoms with Crippen molar-refractivity contribution in [3.63, 3.8) is 0 Å². The first-order chi connectivity index (χ1) is 9.94. The van der Waals surface area contributed by atoms with Crippen LogP contribution < -0.4 is 0 Å². The predicted octanol–water partition coefficient (Wildman–Crippen LogP) is 2.39. The molecule has 2 atom stereocenters. The van der Waals surface area contributed by atoms with E-state index in [1.54, 1.807) is 17.0 Å². The monoisotopic (exact) mass is 291 g/mol. The number of hydrogen-bond donors (Lipinski definition) is 1. The Balaban J connectivity index is 1.76. The summed E-state index contributed by atoms with van der Waals surface area (Å²) in [4.78, 5) is 25.5. The van der Waals surface area contributed by atoms with Crippen LogP contribution in [0, 0.1) is 11.2 Å². The van der Waals surface area contributed by atoms with Crippen LogP contribution in [0.15, 0.2) is 24.3 Å². The van der Waals surface area contributed by atoms with Gasteiger partial charge in [0.1, 0.15) is 11.2 Å². The predicted molar refractivity (Wildman–Crippen MR) is 74.2 cm³/mol. The SMILES string of the molecule is CC1CC(c2ccc(F)cc2)CN1C(=O)C1(C(=O)O)CC1. The van der Waals surface area contributed by atoms with E-state index in [9.17, 15) is 19.1 Å². The van der Waals surface area contributed by atoms with E-state index in [4.69, 9.17) is 0 Å². The third-order valence-electron chi connectivity index (χ3n) is 4.75. The number of likely N-dealkylation sites (tertiary alicyclic amines) is 1. The van der Waals surface area contributed by atoms with Crippen molar-refractivity contribution in [3.8, 4) is 0 Å². The Morgan fingerprint density at radius 2 is 1.90 bits per heavy atom. The minimum absolute atomic E-state index is 0.0179. The number of carbonyl (C=O) groups excluding carboxylic acids is 1. The van der Waals surface area contributed by atoms with E-state index in [1.807, 2.05) is 6.92 Å². The highest BCUT2D eigenvalue weighted by Crippen LogP contribution is 2.49. The minimum Gasteiger partial charge on any atom is -0.480 e. The van der Waals surface area contributed by atoms with Gasteiger partial charge in [-0.2, -0.15) is 0 Å². The van der Waals surface area contributed by atoms with Gasteiger partial charge in [-0.25, -0.2) is 4.39 Å². The van der Waals surface area contributed by atoms with Crippen molar-refractivity contribution in [1.82, 2.24) is 4.90 Å². The molecule has 1 aromatic carbocycles. The largest absolute Gasteiger partial charge is 0.480 e. The lowest BCUT2D eigenvalue weighted by Crippen LogP contribution is -2.42. The maximum atomic E-state index is 13.0. The van der Waals surface area contributed by atoms with Crippen LogP contribution in [0.25, 0.3) is 0 Å². The summed E-state index contributed by atoms with van der Waals surface area (Å²) < 4.78 is 13.0. The second-order valence-corrected chi connectivity index (χ2v) is 6.18. The molecular weight excluding hydrogens is 273 g/mol. The quantitative estimate of drug-likeness (QED) is 0.870. The Kier molecular flexibility index (Phi) is 3.23. The summed E-state index contributed by atoms with van der Waals surface area (Å²) in [7, 11) is 0. The maximum absolute atomic E-state index is 13.0. The third kappa shape index (κ3) is 2.30. The molecule has 5 heteroatoms. The summed E-state index contributed by atoms with van der Waals surface area (Å²) in [6.07, 6.45) is 1.66. The molecule has 21 heavy (non-hydrogen) atoms. The summed E-state index contributed by atoms with van der Waals surface area (Å²) in [6, 6.07) is 6.34. The van der Waals surface area contributed by atoms with Gasteiger partial charge in [0.2, 0.25) is 5.91 Å². The van der Waals surface area contributed by atoms with Crippen LogP contribution in [0.2, 0.25) is 0 Å². The van der Waals surface area contributed by atoms with E-state index in [-0.39, 0.29) is 23.7 Å². The van der Waals surface area contributed by atoms with Crippen molar-refractivity contribution >= 4 is 11.9 Å². The van der Waals surface area contributed by atoms with Gasteiger partial charge in [-0.15, -0.1) is 0 Å². The number of benzene rings is 1. The van der Waals surface area contributed by atoms with Crippen molar-refractivity contribution in [1.29, 1.82) is 0 Å². The zero-order valence-corrected chi connectivity index (χ0v) is 11.9. The summed E-state index contributed by atoms with van der Waals surface area (Å²) in [5.74, 6) is -1.40. The molecule has 4 nitrogen and oxygen atoms in total. The van der Waals surface area contributed by atoms with Crippen LogP contribution in [0.4, 0.5) is 4.39 Å². The zero-order chi connectivity index (χ0) is 15.2. The number of amides is 1. The third-order valence-corrected chi connectivity index (χ3v) is 4.75. The highest BCUT2D eigenvalue weighted by atomic mass is 19.1. The molecule has 1 N–H and O–H groups in total. The van der Waals surface area contributed by atoms with Gasteiger partial charge < -0.3 is 10.0 Å². The smallest absolute Gasteiger partial charge is 0.319 e. The number of rotatable bonds is 3. The van der Waals surface area contributed by atoms with Gasteiger partial charge in [0.05, 0.1) is 0 Å². The highest BCUT2D eigenvalue weighted by molar-refractivity contribution is 6.05. The van der Waals surface area contributed by atoms with E-state index < -0.39 is 11.4 Å². The molecule has 0 aromatic heterocycles. The minimum atomic E-state index is -1.17. The maximum Gasteiger partial charge on any atom is 0.319 e. The number of carbonyl (C=O) groups is 2. The molecule has 1 heterocycles. The molecule has 1 aliphatic carbocycles. The van der Waals surface area contributed by atoms with Gasteiger partial charge in [-0.05, 0) is 43.9 Å². The van der Waals surface area contributed by atoms with E-state index >= 15 is 0 Å². The number of hydrogen-bond acceptors (Lipinski definition) is 2. The Morgan fingerprint density at radius 1 is 1.29 bits per heavy atom. The fourth-order valence-electron chi connectivity index (χ4n) is 3.21. The zero-order valence-electron chi connectivity index (χ0n) is 11.9. The molecule has 0 bridgehead atoms. The summed E-state index contributed by atoms with van der Waals surface area (Å²) in [5, 5.41) is 9.25. The molecule has 3 rings (SSSR count). The van der Waals surface area contributed by atoms with Crippen LogP contribution in [0.1, 0.15) is 37.7 Å². The van der Waals surface area contributed by atoms with Crippen LogP contribution in [0.5, 0.6) is 0 Å². The van der Waals surface area contributed by atoms with E-state index in [2.05, 4.69) is 0 Å². The van der Waals surface area contributed by atoms with Gasteiger partial charge >= 0.3 is 5.97 Å². The summed E-state index contributed by atoms with van der Waals surface area (Å²) in [6.45, 7) is 2.46.